The molecular formula is C17H34O. The average molecular weight is 254 g/mol. The van der Waals surface area contributed by atoms with Gasteiger partial charge in [-0.15, -0.1) is 0 Å². The first kappa shape index (κ1) is 17.7. The molecule has 0 N–H and O–H groups in total. The summed E-state index contributed by atoms with van der Waals surface area (Å²) < 4.78 is 0. The van der Waals surface area contributed by atoms with Crippen molar-refractivity contribution in [3.05, 3.63) is 0 Å². The first-order valence-corrected chi connectivity index (χ1v) is 8.22. The van der Waals surface area contributed by atoms with Crippen LogP contribution in [0, 0.1) is 5.92 Å². The average Bonchev–Trinajstić information content (AvgIpc) is 2.39. The molecule has 0 saturated heterocycles. The van der Waals surface area contributed by atoms with E-state index in [1.165, 1.54) is 51.4 Å². The largest absolute Gasteiger partial charge is 0.300 e. The van der Waals surface area contributed by atoms with Crippen LogP contribution in [-0.2, 0) is 4.79 Å². The molecule has 0 radical (unpaired) electrons. The Morgan fingerprint density at radius 2 is 1.39 bits per heavy atom. The predicted octanol–water partition coefficient (Wildman–Crippen LogP) is 5.91. The zero-order valence-corrected chi connectivity index (χ0v) is 13.0. The van der Waals surface area contributed by atoms with Crippen molar-refractivity contribution in [2.45, 2.75) is 97.8 Å². The molecule has 0 saturated carbocycles. The lowest BCUT2D eigenvalue weighted by Gasteiger charge is -2.07. The highest BCUT2D eigenvalue weighted by Gasteiger charge is 2.05. The highest BCUT2D eigenvalue weighted by Crippen LogP contribution is 2.13. The van der Waals surface area contributed by atoms with E-state index in [1.807, 2.05) is 0 Å². The Kier molecular flexibility index (Phi) is 12.9. The second kappa shape index (κ2) is 13.1. The molecule has 108 valence electrons. The van der Waals surface area contributed by atoms with Crippen LogP contribution >= 0.6 is 0 Å². The maximum absolute atomic E-state index is 11.6. The number of carbonyl (C=O) groups is 1. The Morgan fingerprint density at radius 1 is 0.833 bits per heavy atom. The minimum atomic E-state index is 0.487. The Morgan fingerprint density at radius 3 is 1.94 bits per heavy atom. The third-order valence-electron chi connectivity index (χ3n) is 3.92. The zero-order valence-electron chi connectivity index (χ0n) is 13.0. The predicted molar refractivity (Wildman–Crippen MR) is 80.9 cm³/mol. The third kappa shape index (κ3) is 12.1. The fraction of sp³-hybridized carbons (Fsp3) is 0.941. The van der Waals surface area contributed by atoms with Gasteiger partial charge in [-0.1, -0.05) is 72.1 Å². The van der Waals surface area contributed by atoms with E-state index in [0.29, 0.717) is 11.7 Å². The normalized spacial score (nSPS) is 12.6. The van der Waals surface area contributed by atoms with Gasteiger partial charge in [-0.2, -0.15) is 0 Å². The fourth-order valence-electron chi connectivity index (χ4n) is 2.19. The van der Waals surface area contributed by atoms with Crippen LogP contribution in [-0.4, -0.2) is 5.78 Å². The Balaban J connectivity index is 3.20. The number of hydrogen-bond acceptors (Lipinski definition) is 1. The van der Waals surface area contributed by atoms with Gasteiger partial charge in [-0.25, -0.2) is 0 Å². The molecule has 1 atom stereocenters. The molecule has 0 fully saturated rings. The van der Waals surface area contributed by atoms with Gasteiger partial charge in [0.25, 0.3) is 0 Å². The van der Waals surface area contributed by atoms with Crippen LogP contribution < -0.4 is 0 Å². The van der Waals surface area contributed by atoms with Gasteiger partial charge in [0.1, 0.15) is 5.78 Å². The van der Waals surface area contributed by atoms with E-state index in [2.05, 4.69) is 20.8 Å². The van der Waals surface area contributed by atoms with Gasteiger partial charge in [-0.05, 0) is 18.8 Å². The summed E-state index contributed by atoms with van der Waals surface area (Å²) >= 11 is 0. The van der Waals surface area contributed by atoms with Crippen molar-refractivity contribution in [3.63, 3.8) is 0 Å². The molecule has 0 aromatic rings. The van der Waals surface area contributed by atoms with E-state index in [1.54, 1.807) is 0 Å². The lowest BCUT2D eigenvalue weighted by Crippen LogP contribution is -2.01. The first-order chi connectivity index (χ1) is 8.70. The number of ketones is 1. The van der Waals surface area contributed by atoms with Crippen molar-refractivity contribution in [1.29, 1.82) is 0 Å². The quantitative estimate of drug-likeness (QED) is 0.373. The molecule has 0 aliphatic heterocycles. The number of rotatable bonds is 13. The molecule has 0 aliphatic carbocycles. The van der Waals surface area contributed by atoms with Gasteiger partial charge in [0.15, 0.2) is 0 Å². The van der Waals surface area contributed by atoms with E-state index in [9.17, 15) is 4.79 Å². The number of Topliss-reactive ketones (excluding diaryl/α,β-unsaturated/α-hetero) is 1. The lowest BCUT2D eigenvalue weighted by atomic mass is 9.99. The maximum atomic E-state index is 11.6. The Bertz CT molecular complexity index is 186. The number of carbonyl (C=O) groups excluding carboxylic acids is 1. The third-order valence-corrected chi connectivity index (χ3v) is 3.92. The van der Waals surface area contributed by atoms with Gasteiger partial charge < -0.3 is 0 Å². The minimum Gasteiger partial charge on any atom is -0.300 e. The summed E-state index contributed by atoms with van der Waals surface area (Å²) in [6, 6.07) is 0. The van der Waals surface area contributed by atoms with Crippen molar-refractivity contribution in [2.24, 2.45) is 5.92 Å². The molecule has 1 nitrogen and oxygen atoms in total. The molecule has 1 heteroatoms. The van der Waals surface area contributed by atoms with Crippen molar-refractivity contribution in [2.75, 3.05) is 0 Å². The van der Waals surface area contributed by atoms with Crippen molar-refractivity contribution in [1.82, 2.24) is 0 Å². The highest BCUT2D eigenvalue weighted by atomic mass is 16.1. The molecule has 0 amide bonds. The summed E-state index contributed by atoms with van der Waals surface area (Å²) in [4.78, 5) is 11.6. The topological polar surface area (TPSA) is 17.1 Å². The Hall–Kier alpha value is -0.330. The van der Waals surface area contributed by atoms with Gasteiger partial charge in [0.05, 0.1) is 0 Å². The summed E-state index contributed by atoms with van der Waals surface area (Å²) in [5.74, 6) is 1.20. The summed E-state index contributed by atoms with van der Waals surface area (Å²) in [6.07, 6.45) is 14.5. The van der Waals surface area contributed by atoms with Gasteiger partial charge in [0.2, 0.25) is 0 Å². The highest BCUT2D eigenvalue weighted by molar-refractivity contribution is 5.78. The molecule has 0 heterocycles. The molecule has 0 aromatic carbocycles. The van der Waals surface area contributed by atoms with E-state index in [0.717, 1.165) is 25.7 Å². The standard InChI is InChI=1S/C17H34O/c1-4-6-7-8-9-10-11-12-13-17(18)15-14-16(3)5-2/h16H,4-15H2,1-3H3. The fourth-order valence-corrected chi connectivity index (χ4v) is 2.19. The monoisotopic (exact) mass is 254 g/mol. The van der Waals surface area contributed by atoms with Crippen molar-refractivity contribution in [3.8, 4) is 0 Å². The molecule has 0 spiro atoms. The summed E-state index contributed by atoms with van der Waals surface area (Å²) in [5.41, 5.74) is 0. The smallest absolute Gasteiger partial charge is 0.132 e. The van der Waals surface area contributed by atoms with E-state index in [4.69, 9.17) is 0 Å². The molecule has 0 aromatic heterocycles. The molecule has 0 bridgehead atoms. The second-order valence-electron chi connectivity index (χ2n) is 5.82. The van der Waals surface area contributed by atoms with Crippen LogP contribution in [0.1, 0.15) is 97.8 Å². The molecule has 0 aliphatic rings. The summed E-state index contributed by atoms with van der Waals surface area (Å²) in [6.45, 7) is 6.70. The lowest BCUT2D eigenvalue weighted by molar-refractivity contribution is -0.119. The van der Waals surface area contributed by atoms with E-state index < -0.39 is 0 Å². The van der Waals surface area contributed by atoms with Crippen LogP contribution in [0.15, 0.2) is 0 Å². The zero-order chi connectivity index (χ0) is 13.6. The van der Waals surface area contributed by atoms with Gasteiger partial charge >= 0.3 is 0 Å². The number of unbranched alkanes of at least 4 members (excludes halogenated alkanes) is 7. The SMILES string of the molecule is CCCCCCCCCCC(=O)CCC(C)CC. The van der Waals surface area contributed by atoms with Crippen LogP contribution in [0.25, 0.3) is 0 Å². The van der Waals surface area contributed by atoms with Crippen LogP contribution in [0.2, 0.25) is 0 Å². The van der Waals surface area contributed by atoms with Crippen molar-refractivity contribution < 1.29 is 4.79 Å². The van der Waals surface area contributed by atoms with Crippen LogP contribution in [0.5, 0.6) is 0 Å². The molecular weight excluding hydrogens is 220 g/mol. The van der Waals surface area contributed by atoms with Crippen LogP contribution in [0.3, 0.4) is 0 Å². The first-order valence-electron chi connectivity index (χ1n) is 8.22. The van der Waals surface area contributed by atoms with Gasteiger partial charge in [0, 0.05) is 12.8 Å². The van der Waals surface area contributed by atoms with Crippen LogP contribution in [0.4, 0.5) is 0 Å². The van der Waals surface area contributed by atoms with Crippen molar-refractivity contribution >= 4 is 5.78 Å². The second-order valence-corrected chi connectivity index (χ2v) is 5.82. The molecule has 18 heavy (non-hydrogen) atoms. The summed E-state index contributed by atoms with van der Waals surface area (Å²) in [5, 5.41) is 0. The number of hydrogen-bond donors (Lipinski definition) is 0. The summed E-state index contributed by atoms with van der Waals surface area (Å²) in [7, 11) is 0. The molecule has 0 rings (SSSR count). The van der Waals surface area contributed by atoms with E-state index in [-0.39, 0.29) is 0 Å². The van der Waals surface area contributed by atoms with E-state index >= 15 is 0 Å². The molecule has 1 unspecified atom stereocenters. The minimum absolute atomic E-state index is 0.487. The Labute approximate surface area is 115 Å². The maximum Gasteiger partial charge on any atom is 0.132 e. The van der Waals surface area contributed by atoms with Gasteiger partial charge in [-0.3, -0.25) is 4.79 Å².